The van der Waals surface area contributed by atoms with E-state index >= 15 is 0 Å². The molecule has 0 aliphatic rings. The van der Waals surface area contributed by atoms with Crippen LogP contribution in [-0.4, -0.2) is 46.6 Å². The average molecular weight is 307 g/mol. The van der Waals surface area contributed by atoms with Crippen LogP contribution in [0.2, 0.25) is 0 Å². The highest BCUT2D eigenvalue weighted by Crippen LogP contribution is 2.22. The molecule has 0 saturated heterocycles. The van der Waals surface area contributed by atoms with E-state index in [0.717, 1.165) is 9.99 Å². The monoisotopic (exact) mass is 307 g/mol. The van der Waals surface area contributed by atoms with E-state index < -0.39 is 10.0 Å². The Kier molecular flexibility index (Phi) is 3.97. The molecule has 0 spiro atoms. The van der Waals surface area contributed by atoms with Gasteiger partial charge in [-0.2, -0.15) is 0 Å². The Bertz CT molecular complexity index is 707. The fourth-order valence-corrected chi connectivity index (χ4v) is 2.89. The minimum atomic E-state index is -3.65. The van der Waals surface area contributed by atoms with E-state index in [-0.39, 0.29) is 10.8 Å². The van der Waals surface area contributed by atoms with Crippen molar-refractivity contribution in [3.8, 4) is 0 Å². The lowest BCUT2D eigenvalue weighted by Gasteiger charge is -2.23. The van der Waals surface area contributed by atoms with Gasteiger partial charge in [0.15, 0.2) is 0 Å². The molecule has 1 aromatic heterocycles. The van der Waals surface area contributed by atoms with Gasteiger partial charge in [0.1, 0.15) is 5.69 Å². The minimum absolute atomic E-state index is 0.146. The number of sulfonamides is 1. The number of anilines is 1. The zero-order valence-electron chi connectivity index (χ0n) is 12.6. The van der Waals surface area contributed by atoms with Gasteiger partial charge < -0.3 is 0 Å². The van der Waals surface area contributed by atoms with Gasteiger partial charge in [-0.05, 0) is 18.2 Å². The fourth-order valence-electron chi connectivity index (χ4n) is 1.78. The van der Waals surface area contributed by atoms with Gasteiger partial charge in [-0.15, -0.1) is 0 Å². The molecule has 2 aromatic rings. The molecule has 0 aliphatic heterocycles. The topological polar surface area (TPSA) is 63.2 Å². The number of benzene rings is 1. The summed E-state index contributed by atoms with van der Waals surface area (Å²) in [6.45, 7) is 0. The molecule has 0 aliphatic carbocycles. The van der Waals surface area contributed by atoms with Crippen LogP contribution in [0.1, 0.15) is 0 Å². The maximum Gasteiger partial charge on any atom is 0.266 e. The van der Waals surface area contributed by atoms with E-state index in [1.807, 2.05) is 33.3 Å². The predicted octanol–water partition coefficient (Wildman–Crippen LogP) is 1.50. The lowest BCUT2D eigenvalue weighted by atomic mass is 10.3. The second-order valence-corrected chi connectivity index (χ2v) is 7.50. The standard InChI is InChI=1S/C14H19N4O2S/c1-17(14-15-10-5-11-16-14)21(19,20)13-8-6-12(7-9-13)18(2,3)4/h5-11H,1-4H3/q+1. The summed E-state index contributed by atoms with van der Waals surface area (Å²) in [6, 6.07) is 8.47. The highest BCUT2D eigenvalue weighted by molar-refractivity contribution is 7.92. The van der Waals surface area contributed by atoms with Crippen LogP contribution in [0.15, 0.2) is 47.6 Å². The van der Waals surface area contributed by atoms with Crippen molar-refractivity contribution in [2.24, 2.45) is 0 Å². The van der Waals surface area contributed by atoms with E-state index in [4.69, 9.17) is 0 Å². The van der Waals surface area contributed by atoms with Gasteiger partial charge in [0, 0.05) is 31.6 Å². The molecule has 1 heterocycles. The molecule has 0 N–H and O–H groups in total. The van der Waals surface area contributed by atoms with E-state index in [1.165, 1.54) is 19.4 Å². The average Bonchev–Trinajstić information content (AvgIpc) is 2.46. The van der Waals surface area contributed by atoms with Crippen LogP contribution in [0, 0.1) is 0 Å². The quantitative estimate of drug-likeness (QED) is 0.803. The first-order chi connectivity index (χ1) is 9.73. The molecular weight excluding hydrogens is 288 g/mol. The molecule has 0 unspecified atom stereocenters. The highest BCUT2D eigenvalue weighted by atomic mass is 32.2. The Morgan fingerprint density at radius 1 is 1.00 bits per heavy atom. The van der Waals surface area contributed by atoms with E-state index in [1.54, 1.807) is 18.2 Å². The Labute approximate surface area is 125 Å². The van der Waals surface area contributed by atoms with Gasteiger partial charge in [-0.1, -0.05) is 0 Å². The highest BCUT2D eigenvalue weighted by Gasteiger charge is 2.24. The van der Waals surface area contributed by atoms with Crippen molar-refractivity contribution in [3.05, 3.63) is 42.7 Å². The minimum Gasteiger partial charge on any atom is -0.298 e. The van der Waals surface area contributed by atoms with Crippen LogP contribution >= 0.6 is 0 Å². The van der Waals surface area contributed by atoms with Crippen LogP contribution in [0.3, 0.4) is 0 Å². The van der Waals surface area contributed by atoms with Gasteiger partial charge in [-0.25, -0.2) is 22.7 Å². The number of aromatic nitrogens is 2. The first-order valence-electron chi connectivity index (χ1n) is 6.41. The zero-order chi connectivity index (χ0) is 15.7. The van der Waals surface area contributed by atoms with Crippen molar-refractivity contribution in [1.82, 2.24) is 14.5 Å². The third-order valence-corrected chi connectivity index (χ3v) is 4.86. The second kappa shape index (κ2) is 5.42. The molecule has 0 amide bonds. The molecule has 6 nitrogen and oxygen atoms in total. The summed E-state index contributed by atoms with van der Waals surface area (Å²) in [7, 11) is 3.85. The van der Waals surface area contributed by atoms with Crippen LogP contribution in [0.25, 0.3) is 0 Å². The van der Waals surface area contributed by atoms with Crippen molar-refractivity contribution in [2.75, 3.05) is 32.5 Å². The first-order valence-corrected chi connectivity index (χ1v) is 7.85. The third-order valence-electron chi connectivity index (χ3n) is 3.10. The van der Waals surface area contributed by atoms with Gasteiger partial charge in [-0.3, -0.25) is 4.48 Å². The summed E-state index contributed by atoms with van der Waals surface area (Å²) in [6.07, 6.45) is 3.02. The van der Waals surface area contributed by atoms with Gasteiger partial charge in [0.25, 0.3) is 10.0 Å². The van der Waals surface area contributed by atoms with Crippen LogP contribution in [0.5, 0.6) is 0 Å². The largest absolute Gasteiger partial charge is 0.298 e. The lowest BCUT2D eigenvalue weighted by Crippen LogP contribution is -2.34. The molecular formula is C14H19N4O2S+. The molecule has 112 valence electrons. The summed E-state index contributed by atoms with van der Waals surface area (Å²) < 4.78 is 26.8. The summed E-state index contributed by atoms with van der Waals surface area (Å²) in [5.74, 6) is 0.146. The SMILES string of the molecule is CN(c1ncccn1)S(=O)(=O)c1ccc([N+](C)(C)C)cc1. The smallest absolute Gasteiger partial charge is 0.266 e. The first kappa shape index (κ1) is 15.4. The zero-order valence-corrected chi connectivity index (χ0v) is 13.4. The van der Waals surface area contributed by atoms with E-state index in [0.29, 0.717) is 4.48 Å². The molecule has 0 bridgehead atoms. The number of quaternary nitrogens is 1. The number of nitrogens with zero attached hydrogens (tertiary/aromatic N) is 4. The molecule has 21 heavy (non-hydrogen) atoms. The predicted molar refractivity (Wildman–Crippen MR) is 83.6 cm³/mol. The Morgan fingerprint density at radius 2 is 1.52 bits per heavy atom. The van der Waals surface area contributed by atoms with Crippen LogP contribution in [0.4, 0.5) is 11.6 Å². The van der Waals surface area contributed by atoms with Crippen molar-refractivity contribution >= 4 is 21.7 Å². The summed E-state index contributed by atoms with van der Waals surface area (Å²) in [5, 5.41) is 0. The van der Waals surface area contributed by atoms with Crippen LogP contribution < -0.4 is 8.79 Å². The molecule has 7 heteroatoms. The normalized spacial score (nSPS) is 12.2. The molecule has 0 fully saturated rings. The molecule has 2 rings (SSSR count). The summed E-state index contributed by atoms with van der Waals surface area (Å²) in [5.41, 5.74) is 1.02. The van der Waals surface area contributed by atoms with E-state index in [9.17, 15) is 8.42 Å². The Hall–Kier alpha value is -1.99. The molecule has 1 aromatic carbocycles. The number of hydrogen-bond donors (Lipinski definition) is 0. The maximum atomic E-state index is 12.5. The Morgan fingerprint density at radius 3 is 2.00 bits per heavy atom. The lowest BCUT2D eigenvalue weighted by molar-refractivity contribution is 0.486. The van der Waals surface area contributed by atoms with Gasteiger partial charge in [0.05, 0.1) is 26.0 Å². The Balaban J connectivity index is 2.36. The van der Waals surface area contributed by atoms with Crippen molar-refractivity contribution < 1.29 is 8.42 Å². The fraction of sp³-hybridized carbons (Fsp3) is 0.286. The van der Waals surface area contributed by atoms with Crippen LogP contribution in [-0.2, 0) is 10.0 Å². The van der Waals surface area contributed by atoms with Crippen molar-refractivity contribution in [2.45, 2.75) is 4.90 Å². The van der Waals surface area contributed by atoms with Gasteiger partial charge in [0.2, 0.25) is 5.95 Å². The number of rotatable bonds is 4. The van der Waals surface area contributed by atoms with Crippen molar-refractivity contribution in [3.63, 3.8) is 0 Å². The second-order valence-electron chi connectivity index (χ2n) is 5.53. The molecule has 0 radical (unpaired) electrons. The summed E-state index contributed by atoms with van der Waals surface area (Å²) in [4.78, 5) is 8.14. The van der Waals surface area contributed by atoms with E-state index in [2.05, 4.69) is 9.97 Å². The molecule has 0 saturated carbocycles. The number of hydrogen-bond acceptors (Lipinski definition) is 4. The van der Waals surface area contributed by atoms with Gasteiger partial charge >= 0.3 is 0 Å². The third kappa shape index (κ3) is 3.20. The molecule has 0 atom stereocenters. The summed E-state index contributed by atoms with van der Waals surface area (Å²) >= 11 is 0. The maximum absolute atomic E-state index is 12.5. The van der Waals surface area contributed by atoms with Crippen molar-refractivity contribution in [1.29, 1.82) is 0 Å².